The van der Waals surface area contributed by atoms with Gasteiger partial charge in [0.15, 0.2) is 11.2 Å². The summed E-state index contributed by atoms with van der Waals surface area (Å²) in [5, 5.41) is 3.97. The van der Waals surface area contributed by atoms with Gasteiger partial charge in [-0.3, -0.25) is 9.69 Å². The Labute approximate surface area is 176 Å². The summed E-state index contributed by atoms with van der Waals surface area (Å²) in [6, 6.07) is 7.72. The lowest BCUT2D eigenvalue weighted by molar-refractivity contribution is -0.142. The predicted molar refractivity (Wildman–Crippen MR) is 113 cm³/mol. The van der Waals surface area contributed by atoms with Crippen LogP contribution in [0, 0.1) is 0 Å². The van der Waals surface area contributed by atoms with Crippen LogP contribution in [0.4, 0.5) is 5.69 Å². The topological polar surface area (TPSA) is 66.5 Å². The summed E-state index contributed by atoms with van der Waals surface area (Å²) in [4.78, 5) is 19.1. The highest BCUT2D eigenvalue weighted by Crippen LogP contribution is 2.33. The summed E-state index contributed by atoms with van der Waals surface area (Å²) in [6.45, 7) is 7.86. The molecule has 3 aliphatic heterocycles. The van der Waals surface area contributed by atoms with Crippen LogP contribution in [0.5, 0.6) is 5.75 Å². The number of amides is 1. The van der Waals surface area contributed by atoms with E-state index in [4.69, 9.17) is 26.4 Å². The van der Waals surface area contributed by atoms with Crippen molar-refractivity contribution < 1.29 is 19.0 Å². The number of morpholine rings is 2. The number of nitrogens with zero attached hydrogens (tertiary/aromatic N) is 3. The van der Waals surface area contributed by atoms with E-state index in [-0.39, 0.29) is 5.91 Å². The maximum absolute atomic E-state index is 13.0. The molecular weight excluding hydrogens is 392 g/mol. The molecule has 1 N–H and O–H groups in total. The fraction of sp³-hybridized carbons (Fsp3) is 0.600. The number of carbonyl (C=O) groups is 1. The van der Waals surface area contributed by atoms with E-state index in [9.17, 15) is 4.79 Å². The van der Waals surface area contributed by atoms with Gasteiger partial charge in [-0.1, -0.05) is 12.1 Å². The number of nitrogens with one attached hydrogen (secondary N) is 1. The van der Waals surface area contributed by atoms with Gasteiger partial charge in [-0.05, 0) is 24.4 Å². The summed E-state index contributed by atoms with van der Waals surface area (Å²) < 4.78 is 16.8. The molecule has 2 saturated heterocycles. The largest absolute Gasteiger partial charge is 0.476 e. The smallest absolute Gasteiger partial charge is 0.265 e. The Morgan fingerprint density at radius 1 is 1.07 bits per heavy atom. The Bertz CT molecular complexity index is 722. The zero-order valence-electron chi connectivity index (χ0n) is 16.5. The van der Waals surface area contributed by atoms with Crippen LogP contribution in [0.25, 0.3) is 0 Å². The Morgan fingerprint density at radius 3 is 2.52 bits per heavy atom. The lowest BCUT2D eigenvalue weighted by Gasteiger charge is -2.38. The number of thiocarbonyl (C=S) groups is 1. The maximum atomic E-state index is 13.0. The first-order valence-electron chi connectivity index (χ1n) is 10.2. The molecule has 9 heteroatoms. The van der Waals surface area contributed by atoms with Crippen LogP contribution in [-0.4, -0.2) is 99.2 Å². The fourth-order valence-corrected chi connectivity index (χ4v) is 4.06. The third-order valence-electron chi connectivity index (χ3n) is 5.42. The molecule has 1 amide bonds. The van der Waals surface area contributed by atoms with Gasteiger partial charge >= 0.3 is 0 Å². The van der Waals surface area contributed by atoms with Crippen LogP contribution in [-0.2, 0) is 14.3 Å². The predicted octanol–water partition coefficient (Wildman–Crippen LogP) is 0.320. The fourth-order valence-electron chi connectivity index (χ4n) is 3.78. The van der Waals surface area contributed by atoms with Crippen molar-refractivity contribution >= 4 is 28.9 Å². The molecule has 0 spiro atoms. The van der Waals surface area contributed by atoms with Crippen LogP contribution >= 0.6 is 12.2 Å². The summed E-state index contributed by atoms with van der Waals surface area (Å²) in [5.41, 5.74) is 0.891. The van der Waals surface area contributed by atoms with Crippen LogP contribution in [0.3, 0.4) is 0 Å². The molecule has 1 atom stereocenters. The summed E-state index contributed by atoms with van der Waals surface area (Å²) in [5.74, 6) is 0.673. The second-order valence-corrected chi connectivity index (χ2v) is 7.70. The molecule has 0 unspecified atom stereocenters. The average molecular weight is 421 g/mol. The highest BCUT2D eigenvalue weighted by molar-refractivity contribution is 7.80. The molecule has 0 bridgehead atoms. The van der Waals surface area contributed by atoms with E-state index in [2.05, 4.69) is 10.2 Å². The van der Waals surface area contributed by atoms with Crippen molar-refractivity contribution in [2.75, 3.05) is 77.1 Å². The number of para-hydroxylation sites is 2. The van der Waals surface area contributed by atoms with Crippen molar-refractivity contribution in [1.29, 1.82) is 0 Å². The molecule has 8 nitrogen and oxygen atoms in total. The monoisotopic (exact) mass is 420 g/mol. The molecule has 0 aliphatic carbocycles. The lowest BCUT2D eigenvalue weighted by Crippen LogP contribution is -2.55. The zero-order chi connectivity index (χ0) is 20.1. The van der Waals surface area contributed by atoms with Crippen LogP contribution in [0.15, 0.2) is 24.3 Å². The van der Waals surface area contributed by atoms with Gasteiger partial charge in [-0.15, -0.1) is 0 Å². The number of benzene rings is 1. The van der Waals surface area contributed by atoms with E-state index in [1.807, 2.05) is 34.1 Å². The van der Waals surface area contributed by atoms with Gasteiger partial charge in [0.25, 0.3) is 5.91 Å². The van der Waals surface area contributed by atoms with E-state index in [0.717, 1.165) is 45.1 Å². The molecule has 3 aliphatic rings. The molecule has 158 valence electrons. The average Bonchev–Trinajstić information content (AvgIpc) is 2.79. The second kappa shape index (κ2) is 9.71. The Morgan fingerprint density at radius 2 is 1.76 bits per heavy atom. The van der Waals surface area contributed by atoms with Gasteiger partial charge in [0.05, 0.1) is 38.7 Å². The number of hydrogen-bond acceptors (Lipinski definition) is 6. The van der Waals surface area contributed by atoms with Crippen LogP contribution in [0.2, 0.25) is 0 Å². The van der Waals surface area contributed by atoms with Crippen molar-refractivity contribution in [3.63, 3.8) is 0 Å². The van der Waals surface area contributed by atoms with Gasteiger partial charge in [0.1, 0.15) is 5.75 Å². The van der Waals surface area contributed by atoms with Crippen LogP contribution in [0.1, 0.15) is 0 Å². The number of rotatable bonds is 4. The van der Waals surface area contributed by atoms with Crippen molar-refractivity contribution in [3.05, 3.63) is 24.3 Å². The SMILES string of the molecule is O=C([C@H]1CN(C(=S)NCCN2CCOCC2)c2ccccc2O1)N1CCOCC1. The Balaban J connectivity index is 1.40. The minimum Gasteiger partial charge on any atom is -0.476 e. The van der Waals surface area contributed by atoms with E-state index in [0.29, 0.717) is 43.7 Å². The molecule has 29 heavy (non-hydrogen) atoms. The van der Waals surface area contributed by atoms with Gasteiger partial charge in [0.2, 0.25) is 0 Å². The quantitative estimate of drug-likeness (QED) is 0.699. The van der Waals surface area contributed by atoms with Gasteiger partial charge in [-0.2, -0.15) is 0 Å². The van der Waals surface area contributed by atoms with E-state index >= 15 is 0 Å². The molecular formula is C20H28N4O4S. The van der Waals surface area contributed by atoms with Crippen molar-refractivity contribution in [1.82, 2.24) is 15.1 Å². The van der Waals surface area contributed by atoms with E-state index in [1.165, 1.54) is 0 Å². The highest BCUT2D eigenvalue weighted by Gasteiger charge is 2.35. The van der Waals surface area contributed by atoms with Crippen LogP contribution < -0.4 is 15.0 Å². The molecule has 2 fully saturated rings. The number of ether oxygens (including phenoxy) is 3. The van der Waals surface area contributed by atoms with Crippen molar-refractivity contribution in [2.24, 2.45) is 0 Å². The maximum Gasteiger partial charge on any atom is 0.265 e. The summed E-state index contributed by atoms with van der Waals surface area (Å²) in [7, 11) is 0. The molecule has 3 heterocycles. The molecule has 1 aromatic rings. The number of fused-ring (bicyclic) bond motifs is 1. The first kappa shape index (κ1) is 20.3. The first-order valence-corrected chi connectivity index (χ1v) is 10.6. The summed E-state index contributed by atoms with van der Waals surface area (Å²) in [6.07, 6.45) is -0.581. The standard InChI is InChI=1S/C20H28N4O4S/c25-19(23-9-13-27-14-10-23)18-15-24(16-3-1-2-4-17(16)28-18)20(29)21-5-6-22-7-11-26-12-8-22/h1-4,18H,5-15H2,(H,21,29)/t18-/m1/s1. The van der Waals surface area contributed by atoms with Crippen molar-refractivity contribution in [2.45, 2.75) is 6.10 Å². The molecule has 0 aromatic heterocycles. The number of hydrogen-bond donors (Lipinski definition) is 1. The normalized spacial score (nSPS) is 22.6. The third-order valence-corrected chi connectivity index (χ3v) is 5.79. The number of carbonyl (C=O) groups excluding carboxylic acids is 1. The zero-order valence-corrected chi connectivity index (χ0v) is 17.4. The molecule has 4 rings (SSSR count). The highest BCUT2D eigenvalue weighted by atomic mass is 32.1. The van der Waals surface area contributed by atoms with E-state index in [1.54, 1.807) is 0 Å². The van der Waals surface area contributed by atoms with Gasteiger partial charge in [-0.25, -0.2) is 0 Å². The number of anilines is 1. The Kier molecular flexibility index (Phi) is 6.81. The minimum absolute atomic E-state index is 0.0103. The van der Waals surface area contributed by atoms with Crippen molar-refractivity contribution in [3.8, 4) is 5.75 Å². The Hall–Kier alpha value is -1.94. The van der Waals surface area contributed by atoms with Gasteiger partial charge < -0.3 is 29.3 Å². The molecule has 0 saturated carbocycles. The minimum atomic E-state index is -0.581. The second-order valence-electron chi connectivity index (χ2n) is 7.31. The van der Waals surface area contributed by atoms with Gasteiger partial charge in [0, 0.05) is 39.3 Å². The third kappa shape index (κ3) is 4.98. The first-order chi connectivity index (χ1) is 14.2. The molecule has 1 aromatic carbocycles. The lowest BCUT2D eigenvalue weighted by atomic mass is 10.1. The summed E-state index contributed by atoms with van der Waals surface area (Å²) >= 11 is 5.68. The molecule has 0 radical (unpaired) electrons. The van der Waals surface area contributed by atoms with E-state index < -0.39 is 6.10 Å².